The Morgan fingerprint density at radius 1 is 0.359 bits per heavy atom. The number of anilines is 2. The van der Waals surface area contributed by atoms with Gasteiger partial charge in [-0.1, -0.05) is 114 Å². The molecule has 64 heavy (non-hydrogen) atoms. The van der Waals surface area contributed by atoms with E-state index in [4.69, 9.17) is 0 Å². The molecule has 7 aromatic rings. The van der Waals surface area contributed by atoms with Crippen LogP contribution in [0.5, 0.6) is 0 Å². The van der Waals surface area contributed by atoms with Crippen molar-refractivity contribution in [2.24, 2.45) is 0 Å². The van der Waals surface area contributed by atoms with Crippen LogP contribution in [-0.2, 0) is 0 Å². The molecule has 0 N–H and O–H groups in total. The number of hydrogen-bond acceptors (Lipinski definition) is 6. The van der Waals surface area contributed by atoms with Gasteiger partial charge in [-0.05, 0) is 111 Å². The van der Waals surface area contributed by atoms with E-state index in [2.05, 4.69) is 72.2 Å². The number of carbonyl (C=O) groups is 4. The van der Waals surface area contributed by atoms with E-state index in [9.17, 15) is 19.2 Å². The van der Waals surface area contributed by atoms with Gasteiger partial charge in [0.05, 0.1) is 0 Å². The molecule has 0 atom stereocenters. The quantitative estimate of drug-likeness (QED) is 0.0370. The summed E-state index contributed by atoms with van der Waals surface area (Å²) in [4.78, 5) is 65.9. The summed E-state index contributed by atoms with van der Waals surface area (Å²) in [7, 11) is 8.06. The average molecular weight is 853 g/mol. The summed E-state index contributed by atoms with van der Waals surface area (Å²) in [6.07, 6.45) is 12.6. The van der Waals surface area contributed by atoms with Gasteiger partial charge >= 0.3 is 0 Å². The Morgan fingerprint density at radius 2 is 0.719 bits per heavy atom. The maximum absolute atomic E-state index is 14.9. The number of fused-ring (bicyclic) bond motifs is 2. The molecule has 2 heterocycles. The zero-order valence-corrected chi connectivity index (χ0v) is 38.4. The van der Waals surface area contributed by atoms with Crippen LogP contribution < -0.4 is 9.80 Å². The molecule has 0 fully saturated rings. The van der Waals surface area contributed by atoms with E-state index in [-0.39, 0.29) is 23.6 Å². The van der Waals surface area contributed by atoms with E-state index in [1.165, 1.54) is 22.6 Å². The van der Waals surface area contributed by atoms with Crippen molar-refractivity contribution >= 4 is 78.1 Å². The highest BCUT2D eigenvalue weighted by atomic mass is 16.2. The van der Waals surface area contributed by atoms with Gasteiger partial charge in [-0.25, -0.2) is 0 Å². The van der Waals surface area contributed by atoms with E-state index in [1.54, 1.807) is 0 Å². The molecule has 4 amide bonds. The highest BCUT2D eigenvalue weighted by Crippen LogP contribution is 2.52. The van der Waals surface area contributed by atoms with Gasteiger partial charge in [-0.3, -0.25) is 29.0 Å². The summed E-state index contributed by atoms with van der Waals surface area (Å²) in [5, 5.41) is 6.59. The second kappa shape index (κ2) is 17.7. The summed E-state index contributed by atoms with van der Waals surface area (Å²) in [6.45, 7) is 5.15. The lowest BCUT2D eigenvalue weighted by Crippen LogP contribution is -2.41. The third-order valence-corrected chi connectivity index (χ3v) is 13.9. The average Bonchev–Trinajstić information content (AvgIpc) is 3.30. The summed E-state index contributed by atoms with van der Waals surface area (Å²) >= 11 is 0. The van der Waals surface area contributed by atoms with Crippen LogP contribution >= 0.6 is 0 Å². The molecule has 0 aromatic heterocycles. The van der Waals surface area contributed by atoms with E-state index < -0.39 is 0 Å². The molecule has 328 valence electrons. The topological polar surface area (TPSA) is 81.2 Å². The van der Waals surface area contributed by atoms with Crippen molar-refractivity contribution in [3.05, 3.63) is 107 Å². The lowest BCUT2D eigenvalue weighted by Gasteiger charge is -2.32. The number of unbranched alkanes of at least 4 members (excludes halogenated alkanes) is 10. The number of hydrogen-bond donors (Lipinski definition) is 0. The van der Waals surface area contributed by atoms with Crippen LogP contribution in [0.2, 0.25) is 0 Å². The maximum atomic E-state index is 14.9. The molecule has 2 aliphatic rings. The molecule has 9 rings (SSSR count). The Kier molecular flexibility index (Phi) is 11.9. The third-order valence-electron chi connectivity index (χ3n) is 13.9. The lowest BCUT2D eigenvalue weighted by atomic mass is 9.77. The van der Waals surface area contributed by atoms with Crippen LogP contribution in [0.3, 0.4) is 0 Å². The summed E-state index contributed by atoms with van der Waals surface area (Å²) in [5.74, 6) is -1.05. The van der Waals surface area contributed by atoms with Gasteiger partial charge in [0.2, 0.25) is 0 Å². The van der Waals surface area contributed by atoms with Crippen molar-refractivity contribution < 1.29 is 19.2 Å². The molecule has 0 radical (unpaired) electrons. The number of amides is 4. The van der Waals surface area contributed by atoms with E-state index in [0.29, 0.717) is 46.1 Å². The standard InChI is InChI=1S/C56H60N4O4/c1-7-9-11-13-15-17-31-59-53(61)41-29-27-39-47-40(28-30-42(50(41)47)54(59)62)49-44(36-21-25-38(26-22-36)58(5)6)34-46-51-45(55(63)60(56(46)64)32-18-16-14-12-10-8-2)33-43(48(39)52(49)51)35-19-23-37(24-20-35)57(3)4/h19-30,33-34H,7-18,31-32H2,1-6H3. The zero-order chi connectivity index (χ0) is 44.8. The van der Waals surface area contributed by atoms with Gasteiger partial charge in [-0.2, -0.15) is 0 Å². The minimum absolute atomic E-state index is 0.258. The van der Waals surface area contributed by atoms with E-state index in [1.807, 2.05) is 64.6 Å². The van der Waals surface area contributed by atoms with Crippen molar-refractivity contribution in [2.75, 3.05) is 51.1 Å². The normalized spacial score (nSPS) is 13.8. The fourth-order valence-corrected chi connectivity index (χ4v) is 10.4. The first kappa shape index (κ1) is 43.0. The lowest BCUT2D eigenvalue weighted by molar-refractivity contribution is 0.0592. The maximum Gasteiger partial charge on any atom is 0.261 e. The first-order chi connectivity index (χ1) is 31.0. The first-order valence-corrected chi connectivity index (χ1v) is 23.6. The molecule has 2 aliphatic heterocycles. The number of carbonyl (C=O) groups excluding carboxylic acids is 4. The molecule has 0 bridgehead atoms. The second-order valence-electron chi connectivity index (χ2n) is 18.5. The summed E-state index contributed by atoms with van der Waals surface area (Å²) in [6, 6.07) is 28.6. The van der Waals surface area contributed by atoms with Crippen molar-refractivity contribution in [2.45, 2.75) is 90.9 Å². The van der Waals surface area contributed by atoms with Gasteiger partial charge in [0.15, 0.2) is 0 Å². The fourth-order valence-electron chi connectivity index (χ4n) is 10.4. The molecule has 0 aliphatic carbocycles. The molecule has 8 heteroatoms. The molecular weight excluding hydrogens is 793 g/mol. The smallest absolute Gasteiger partial charge is 0.261 e. The molecule has 0 saturated carbocycles. The third kappa shape index (κ3) is 7.25. The SMILES string of the molecule is CCCCCCCCN1C(=O)c2ccc3c4c(-c5ccc(N(C)C)cc5)cc5c6c(cc(-c7ccc(N(C)C)cc7)c(c7ccc(c2c37)C1=O)c64)C(=O)N(CCCCCCCC)C5=O. The fraction of sp³-hybridized carbons (Fsp3) is 0.357. The second-order valence-corrected chi connectivity index (χ2v) is 18.5. The summed E-state index contributed by atoms with van der Waals surface area (Å²) < 4.78 is 0. The first-order valence-electron chi connectivity index (χ1n) is 23.6. The van der Waals surface area contributed by atoms with Gasteiger partial charge in [0.1, 0.15) is 0 Å². The predicted molar refractivity (Wildman–Crippen MR) is 265 cm³/mol. The highest BCUT2D eigenvalue weighted by Gasteiger charge is 2.38. The molecule has 0 spiro atoms. The Balaban J connectivity index is 1.33. The number of imide groups is 2. The van der Waals surface area contributed by atoms with Gasteiger partial charge in [0, 0.05) is 91.1 Å². The number of benzene rings is 7. The molecule has 0 saturated heterocycles. The van der Waals surface area contributed by atoms with Crippen molar-refractivity contribution in [3.8, 4) is 22.3 Å². The Labute approximate surface area is 377 Å². The van der Waals surface area contributed by atoms with Crippen LogP contribution in [0.15, 0.2) is 84.9 Å². The highest BCUT2D eigenvalue weighted by molar-refractivity contribution is 6.44. The number of rotatable bonds is 18. The molecule has 8 nitrogen and oxygen atoms in total. The number of nitrogens with zero attached hydrogens (tertiary/aromatic N) is 4. The van der Waals surface area contributed by atoms with Crippen molar-refractivity contribution in [1.82, 2.24) is 9.80 Å². The zero-order valence-electron chi connectivity index (χ0n) is 38.4. The van der Waals surface area contributed by atoms with Gasteiger partial charge in [0.25, 0.3) is 23.6 Å². The van der Waals surface area contributed by atoms with E-state index in [0.717, 1.165) is 130 Å². The summed E-state index contributed by atoms with van der Waals surface area (Å²) in [5.41, 5.74) is 7.78. The molecular formula is C56H60N4O4. The Bertz CT molecular complexity index is 2770. The van der Waals surface area contributed by atoms with E-state index >= 15 is 0 Å². The van der Waals surface area contributed by atoms with Crippen LogP contribution in [0.1, 0.15) is 132 Å². The van der Waals surface area contributed by atoms with Crippen LogP contribution in [0, 0.1) is 0 Å². The monoisotopic (exact) mass is 852 g/mol. The Morgan fingerprint density at radius 3 is 1.11 bits per heavy atom. The largest absolute Gasteiger partial charge is 0.378 e. The molecule has 7 aromatic carbocycles. The predicted octanol–water partition coefficient (Wildman–Crippen LogP) is 13.1. The minimum Gasteiger partial charge on any atom is -0.378 e. The molecule has 0 unspecified atom stereocenters. The van der Waals surface area contributed by atoms with Crippen molar-refractivity contribution in [1.29, 1.82) is 0 Å². The van der Waals surface area contributed by atoms with Gasteiger partial charge in [-0.15, -0.1) is 0 Å². The van der Waals surface area contributed by atoms with Crippen molar-refractivity contribution in [3.63, 3.8) is 0 Å². The van der Waals surface area contributed by atoms with Crippen LogP contribution in [0.25, 0.3) is 65.3 Å². The van der Waals surface area contributed by atoms with Crippen LogP contribution in [0.4, 0.5) is 11.4 Å². The van der Waals surface area contributed by atoms with Gasteiger partial charge < -0.3 is 9.80 Å². The van der Waals surface area contributed by atoms with Crippen LogP contribution in [-0.4, -0.2) is 74.7 Å². The Hall–Kier alpha value is -6.28. The minimum atomic E-state index is -0.268.